The van der Waals surface area contributed by atoms with Crippen LogP contribution in [0.15, 0.2) is 116 Å². The number of halogens is 2. The molecule has 4 aromatic rings. The summed E-state index contributed by atoms with van der Waals surface area (Å²) in [5.74, 6) is -0.811. The minimum Gasteiger partial charge on any atom is -0.422 e. The van der Waals surface area contributed by atoms with Gasteiger partial charge in [-0.3, -0.25) is 9.59 Å². The fraction of sp³-hybridized carbons (Fsp3) is 0.189. The second-order valence-electron chi connectivity index (χ2n) is 10.7. The van der Waals surface area contributed by atoms with Crippen molar-refractivity contribution in [3.63, 3.8) is 0 Å². The highest BCUT2D eigenvalue weighted by Crippen LogP contribution is 2.24. The number of benzene rings is 4. The standard InChI is InChI=1S/C37H34Br2N4O6/c38-30-18-20-32(48-36(46)26-12-6-4-7-13-26)28(22-30)24-40-42-34(44)16-10-2-1-3-11-17-35(45)43-41-25-29-23-31(39)19-21-33(29)49-37(47)27-14-8-5-9-15-27/h4-9,12-15,18-25H,1-3,10-11,16-17H2,(H,42,44)(H,43,45)/b40-24+,41-25+. The number of unbranched alkanes of at least 4 members (excludes halogenated alkanes) is 4. The Labute approximate surface area is 301 Å². The van der Waals surface area contributed by atoms with E-state index in [2.05, 4.69) is 52.9 Å². The van der Waals surface area contributed by atoms with Crippen molar-refractivity contribution >= 4 is 68.0 Å². The molecule has 4 aromatic carbocycles. The van der Waals surface area contributed by atoms with Crippen molar-refractivity contribution in [1.29, 1.82) is 0 Å². The second kappa shape index (κ2) is 19.8. The molecule has 0 heterocycles. The highest BCUT2D eigenvalue weighted by atomic mass is 79.9. The third-order valence-corrected chi connectivity index (χ3v) is 7.95. The number of rotatable bonds is 16. The van der Waals surface area contributed by atoms with Gasteiger partial charge in [0.2, 0.25) is 11.8 Å². The van der Waals surface area contributed by atoms with E-state index >= 15 is 0 Å². The van der Waals surface area contributed by atoms with Crippen LogP contribution in [0.4, 0.5) is 0 Å². The minimum absolute atomic E-state index is 0.227. The molecule has 4 rings (SSSR count). The van der Waals surface area contributed by atoms with Gasteiger partial charge in [-0.25, -0.2) is 20.4 Å². The second-order valence-corrected chi connectivity index (χ2v) is 12.6. The van der Waals surface area contributed by atoms with Crippen LogP contribution >= 0.6 is 31.9 Å². The van der Waals surface area contributed by atoms with Crippen LogP contribution in [0.1, 0.15) is 76.8 Å². The zero-order valence-electron chi connectivity index (χ0n) is 26.4. The Morgan fingerprint density at radius 1 is 0.551 bits per heavy atom. The molecule has 0 atom stereocenters. The number of esters is 2. The van der Waals surface area contributed by atoms with Gasteiger partial charge in [0, 0.05) is 32.9 Å². The number of nitrogens with one attached hydrogen (secondary N) is 2. The predicted octanol–water partition coefficient (Wildman–Crippen LogP) is 7.98. The SMILES string of the molecule is O=C(CCCCCCCC(=O)N/N=C/c1cc(Br)ccc1OC(=O)c1ccccc1)N/N=C/c1cc(Br)ccc1OC(=O)c1ccccc1. The van der Waals surface area contributed by atoms with Crippen LogP contribution in [-0.4, -0.2) is 36.2 Å². The Kier molecular flexibility index (Phi) is 14.9. The lowest BCUT2D eigenvalue weighted by Gasteiger charge is -2.08. The molecule has 2 N–H and O–H groups in total. The molecule has 0 aromatic heterocycles. The van der Waals surface area contributed by atoms with Gasteiger partial charge in [0.1, 0.15) is 11.5 Å². The number of ether oxygens (including phenoxy) is 2. The maximum Gasteiger partial charge on any atom is 0.343 e. The summed E-state index contributed by atoms with van der Waals surface area (Å²) >= 11 is 6.80. The molecule has 10 nitrogen and oxygen atoms in total. The monoisotopic (exact) mass is 788 g/mol. The molecule has 49 heavy (non-hydrogen) atoms. The van der Waals surface area contributed by atoms with Gasteiger partial charge in [-0.05, 0) is 73.5 Å². The van der Waals surface area contributed by atoms with E-state index in [0.29, 0.717) is 59.4 Å². The first kappa shape index (κ1) is 36.9. The highest BCUT2D eigenvalue weighted by molar-refractivity contribution is 9.10. The molecule has 0 bridgehead atoms. The summed E-state index contributed by atoms with van der Waals surface area (Å²) in [6.45, 7) is 0. The van der Waals surface area contributed by atoms with Crippen molar-refractivity contribution < 1.29 is 28.7 Å². The Hall–Kier alpha value is -4.94. The molecule has 2 amide bonds. The average Bonchev–Trinajstić information content (AvgIpc) is 3.10. The first-order valence-corrected chi connectivity index (χ1v) is 17.1. The van der Waals surface area contributed by atoms with Crippen molar-refractivity contribution in [2.24, 2.45) is 10.2 Å². The van der Waals surface area contributed by atoms with E-state index in [0.717, 1.165) is 28.2 Å². The lowest BCUT2D eigenvalue weighted by atomic mass is 10.1. The van der Waals surface area contributed by atoms with Crippen molar-refractivity contribution in [2.45, 2.75) is 44.9 Å². The van der Waals surface area contributed by atoms with Crippen molar-refractivity contribution in [3.05, 3.63) is 128 Å². The smallest absolute Gasteiger partial charge is 0.343 e. The van der Waals surface area contributed by atoms with E-state index in [-0.39, 0.29) is 11.8 Å². The molecule has 0 fully saturated rings. The molecule has 12 heteroatoms. The normalized spacial score (nSPS) is 11.0. The van der Waals surface area contributed by atoms with Crippen molar-refractivity contribution in [1.82, 2.24) is 10.9 Å². The van der Waals surface area contributed by atoms with Gasteiger partial charge < -0.3 is 9.47 Å². The van der Waals surface area contributed by atoms with Crippen LogP contribution in [0.5, 0.6) is 11.5 Å². The first-order chi connectivity index (χ1) is 23.8. The summed E-state index contributed by atoms with van der Waals surface area (Å²) < 4.78 is 12.6. The molecule has 0 aliphatic carbocycles. The van der Waals surface area contributed by atoms with Gasteiger partial charge in [0.05, 0.1) is 23.6 Å². The Balaban J connectivity index is 1.11. The number of carbonyl (C=O) groups excluding carboxylic acids is 4. The number of hydrogen-bond donors (Lipinski definition) is 2. The van der Waals surface area contributed by atoms with Crippen LogP contribution in [0.3, 0.4) is 0 Å². The molecule has 0 aliphatic heterocycles. The third kappa shape index (κ3) is 12.9. The largest absolute Gasteiger partial charge is 0.422 e. The summed E-state index contributed by atoms with van der Waals surface area (Å²) in [5.41, 5.74) is 6.93. The van der Waals surface area contributed by atoms with Gasteiger partial charge in [-0.15, -0.1) is 0 Å². The number of nitrogens with zero attached hydrogens (tertiary/aromatic N) is 2. The first-order valence-electron chi connectivity index (χ1n) is 15.6. The average molecular weight is 791 g/mol. The van der Waals surface area contributed by atoms with Crippen LogP contribution in [0.25, 0.3) is 0 Å². The van der Waals surface area contributed by atoms with Crippen molar-refractivity contribution in [2.75, 3.05) is 0 Å². The van der Waals surface area contributed by atoms with Gasteiger partial charge in [0.25, 0.3) is 0 Å². The van der Waals surface area contributed by atoms with Gasteiger partial charge in [-0.2, -0.15) is 10.2 Å². The van der Waals surface area contributed by atoms with Crippen molar-refractivity contribution in [3.8, 4) is 11.5 Å². The lowest BCUT2D eigenvalue weighted by molar-refractivity contribution is -0.121. The van der Waals surface area contributed by atoms with Gasteiger partial charge in [0.15, 0.2) is 0 Å². The van der Waals surface area contributed by atoms with E-state index in [1.165, 1.54) is 12.4 Å². The molecule has 0 radical (unpaired) electrons. The Morgan fingerprint density at radius 2 is 0.939 bits per heavy atom. The van der Waals surface area contributed by atoms with Gasteiger partial charge in [-0.1, -0.05) is 87.5 Å². The molecule has 0 saturated carbocycles. The topological polar surface area (TPSA) is 136 Å². The number of amides is 2. The number of hydrogen-bond acceptors (Lipinski definition) is 8. The lowest BCUT2D eigenvalue weighted by Crippen LogP contribution is -2.17. The Bertz CT molecular complexity index is 1670. The number of hydrazone groups is 2. The molecule has 0 spiro atoms. The summed E-state index contributed by atoms with van der Waals surface area (Å²) in [6, 6.07) is 27.6. The van der Waals surface area contributed by atoms with Gasteiger partial charge >= 0.3 is 11.9 Å². The summed E-state index contributed by atoms with van der Waals surface area (Å²) in [4.78, 5) is 49.5. The van der Waals surface area contributed by atoms with E-state index in [9.17, 15) is 19.2 Å². The third-order valence-electron chi connectivity index (χ3n) is 6.96. The van der Waals surface area contributed by atoms with E-state index < -0.39 is 11.9 Å². The quantitative estimate of drug-likeness (QED) is 0.0389. The summed E-state index contributed by atoms with van der Waals surface area (Å²) in [6.07, 6.45) is 7.36. The van der Waals surface area contributed by atoms with E-state index in [1.807, 2.05) is 12.1 Å². The molecule has 0 unspecified atom stereocenters. The predicted molar refractivity (Wildman–Crippen MR) is 195 cm³/mol. The zero-order valence-corrected chi connectivity index (χ0v) is 29.6. The van der Waals surface area contributed by atoms with E-state index in [1.54, 1.807) is 84.9 Å². The molecular weight excluding hydrogens is 756 g/mol. The fourth-order valence-electron chi connectivity index (χ4n) is 4.45. The fourth-order valence-corrected chi connectivity index (χ4v) is 5.21. The molecule has 0 saturated heterocycles. The highest BCUT2D eigenvalue weighted by Gasteiger charge is 2.13. The minimum atomic E-state index is -0.494. The molecular formula is C37H34Br2N4O6. The maximum absolute atomic E-state index is 12.5. The maximum atomic E-state index is 12.5. The van der Waals surface area contributed by atoms with Crippen LogP contribution in [0, 0.1) is 0 Å². The van der Waals surface area contributed by atoms with Crippen LogP contribution in [-0.2, 0) is 9.59 Å². The van der Waals surface area contributed by atoms with Crippen LogP contribution in [0.2, 0.25) is 0 Å². The molecule has 252 valence electrons. The Morgan fingerprint density at radius 3 is 1.35 bits per heavy atom. The van der Waals surface area contributed by atoms with Crippen LogP contribution < -0.4 is 20.3 Å². The van der Waals surface area contributed by atoms with E-state index in [4.69, 9.17) is 9.47 Å². The number of carbonyl (C=O) groups is 4. The summed E-state index contributed by atoms with van der Waals surface area (Å²) in [5, 5.41) is 8.06. The summed E-state index contributed by atoms with van der Waals surface area (Å²) in [7, 11) is 0. The zero-order chi connectivity index (χ0) is 34.8. The molecule has 0 aliphatic rings.